The number of hydrogen-bond acceptors (Lipinski definition) is 3. The fraction of sp³-hybridized carbons (Fsp3) is 0.0769. The highest BCUT2D eigenvalue weighted by atomic mass is 32.1. The third-order valence-corrected chi connectivity index (χ3v) is 2.80. The molecule has 1 aromatic carbocycles. The second-order valence-electron chi connectivity index (χ2n) is 3.31. The standard InChI is InChI=1S/C13H9NO2S/c15-8-2-1-3-10-4-6-11(7-5-10)12-9-17-13(16)14-12/h4-9H,2H2,(H,14,16). The van der Waals surface area contributed by atoms with Gasteiger partial charge in [0.05, 0.1) is 12.1 Å². The number of H-pyrrole nitrogens is 1. The number of aromatic nitrogens is 1. The van der Waals surface area contributed by atoms with Gasteiger partial charge in [0.15, 0.2) is 0 Å². The summed E-state index contributed by atoms with van der Waals surface area (Å²) in [6, 6.07) is 7.51. The molecule has 0 spiro atoms. The molecule has 0 aliphatic carbocycles. The maximum Gasteiger partial charge on any atom is 0.304 e. The van der Waals surface area contributed by atoms with Crippen molar-refractivity contribution in [2.75, 3.05) is 0 Å². The number of thiazole rings is 1. The van der Waals surface area contributed by atoms with Crippen LogP contribution >= 0.6 is 11.3 Å². The first-order valence-corrected chi connectivity index (χ1v) is 5.88. The fourth-order valence-corrected chi connectivity index (χ4v) is 1.94. The Balaban J connectivity index is 2.22. The van der Waals surface area contributed by atoms with Crippen molar-refractivity contribution in [3.05, 3.63) is 44.9 Å². The van der Waals surface area contributed by atoms with Crippen molar-refractivity contribution in [2.24, 2.45) is 0 Å². The highest BCUT2D eigenvalue weighted by molar-refractivity contribution is 7.07. The van der Waals surface area contributed by atoms with E-state index < -0.39 is 0 Å². The Morgan fingerprint density at radius 3 is 2.65 bits per heavy atom. The van der Waals surface area contributed by atoms with Gasteiger partial charge in [0.25, 0.3) is 0 Å². The Morgan fingerprint density at radius 2 is 2.06 bits per heavy atom. The molecule has 2 aromatic rings. The molecule has 17 heavy (non-hydrogen) atoms. The number of rotatable bonds is 2. The first kappa shape index (κ1) is 11.4. The van der Waals surface area contributed by atoms with Crippen LogP contribution in [-0.4, -0.2) is 11.3 Å². The molecule has 0 saturated heterocycles. The van der Waals surface area contributed by atoms with Crippen LogP contribution in [0.2, 0.25) is 0 Å². The molecule has 0 aliphatic rings. The van der Waals surface area contributed by atoms with Gasteiger partial charge in [0.2, 0.25) is 0 Å². The Kier molecular flexibility index (Phi) is 3.53. The zero-order valence-corrected chi connectivity index (χ0v) is 9.71. The first-order valence-electron chi connectivity index (χ1n) is 5.00. The van der Waals surface area contributed by atoms with Gasteiger partial charge in [-0.1, -0.05) is 35.3 Å². The quantitative estimate of drug-likeness (QED) is 0.648. The molecule has 0 amide bonds. The number of aromatic amines is 1. The number of nitrogens with one attached hydrogen (secondary N) is 1. The predicted octanol–water partition coefficient (Wildman–Crippen LogP) is 2.04. The minimum Gasteiger partial charge on any atom is -0.312 e. The molecule has 0 unspecified atom stereocenters. The maximum absolute atomic E-state index is 11.0. The van der Waals surface area contributed by atoms with E-state index in [0.29, 0.717) is 0 Å². The molecule has 0 aliphatic heterocycles. The third kappa shape index (κ3) is 2.92. The zero-order chi connectivity index (χ0) is 12.1. The third-order valence-electron chi connectivity index (χ3n) is 2.13. The lowest BCUT2D eigenvalue weighted by Crippen LogP contribution is -1.92. The Labute approximate surface area is 102 Å². The van der Waals surface area contributed by atoms with Crippen LogP contribution in [0.3, 0.4) is 0 Å². The molecule has 84 valence electrons. The van der Waals surface area contributed by atoms with Crippen LogP contribution in [-0.2, 0) is 4.79 Å². The zero-order valence-electron chi connectivity index (χ0n) is 8.90. The number of aldehydes is 1. The van der Waals surface area contributed by atoms with Crippen LogP contribution in [0.5, 0.6) is 0 Å². The van der Waals surface area contributed by atoms with Gasteiger partial charge in [0.1, 0.15) is 6.29 Å². The van der Waals surface area contributed by atoms with Gasteiger partial charge in [-0.2, -0.15) is 0 Å². The van der Waals surface area contributed by atoms with Gasteiger partial charge in [-0.25, -0.2) is 0 Å². The lowest BCUT2D eigenvalue weighted by Gasteiger charge is -1.96. The smallest absolute Gasteiger partial charge is 0.304 e. The second-order valence-corrected chi connectivity index (χ2v) is 4.15. The van der Waals surface area contributed by atoms with E-state index in [1.54, 1.807) is 5.38 Å². The van der Waals surface area contributed by atoms with Crippen molar-refractivity contribution in [3.63, 3.8) is 0 Å². The van der Waals surface area contributed by atoms with Gasteiger partial charge in [-0.3, -0.25) is 4.79 Å². The van der Waals surface area contributed by atoms with Crippen LogP contribution in [0.1, 0.15) is 12.0 Å². The summed E-state index contributed by atoms with van der Waals surface area (Å²) in [4.78, 5) is 23.8. The topological polar surface area (TPSA) is 49.9 Å². The molecule has 1 N–H and O–H groups in total. The first-order chi connectivity index (χ1) is 8.29. The Hall–Kier alpha value is -2.12. The van der Waals surface area contributed by atoms with Crippen molar-refractivity contribution in [2.45, 2.75) is 6.42 Å². The highest BCUT2D eigenvalue weighted by Gasteiger charge is 1.99. The predicted molar refractivity (Wildman–Crippen MR) is 67.9 cm³/mol. The summed E-state index contributed by atoms with van der Waals surface area (Å²) in [7, 11) is 0. The van der Waals surface area contributed by atoms with E-state index in [4.69, 9.17) is 0 Å². The molecule has 0 bridgehead atoms. The number of carbonyl (C=O) groups is 1. The molecule has 0 atom stereocenters. The minimum absolute atomic E-state index is 0.0603. The molecular formula is C13H9NO2S. The molecule has 0 radical (unpaired) electrons. The molecular weight excluding hydrogens is 234 g/mol. The normalized spacial score (nSPS) is 9.41. The van der Waals surface area contributed by atoms with Crippen molar-refractivity contribution in [1.29, 1.82) is 0 Å². The molecule has 1 heterocycles. The molecule has 0 saturated carbocycles. The average Bonchev–Trinajstić information content (AvgIpc) is 2.77. The van der Waals surface area contributed by atoms with Gasteiger partial charge in [0, 0.05) is 10.9 Å². The van der Waals surface area contributed by atoms with E-state index in [1.165, 1.54) is 0 Å². The summed E-state index contributed by atoms with van der Waals surface area (Å²) in [5.74, 6) is 5.62. The molecule has 1 aromatic heterocycles. The summed E-state index contributed by atoms with van der Waals surface area (Å²) in [6.07, 6.45) is 1.02. The molecule has 4 heteroatoms. The monoisotopic (exact) mass is 243 g/mol. The minimum atomic E-state index is -0.0603. The SMILES string of the molecule is O=CCC#Cc1ccc(-c2csc(=O)[nH]2)cc1. The largest absolute Gasteiger partial charge is 0.312 e. The number of carbonyl (C=O) groups excluding carboxylic acids is 1. The lowest BCUT2D eigenvalue weighted by atomic mass is 10.1. The van der Waals surface area contributed by atoms with Crippen LogP contribution in [0.25, 0.3) is 11.3 Å². The van der Waals surface area contributed by atoms with Gasteiger partial charge in [-0.15, -0.1) is 0 Å². The number of benzene rings is 1. The summed E-state index contributed by atoms with van der Waals surface area (Å²) in [6.45, 7) is 0. The van der Waals surface area contributed by atoms with E-state index in [-0.39, 0.29) is 11.3 Å². The van der Waals surface area contributed by atoms with Gasteiger partial charge >= 0.3 is 4.87 Å². The summed E-state index contributed by atoms with van der Waals surface area (Å²) < 4.78 is 0. The summed E-state index contributed by atoms with van der Waals surface area (Å²) in [5, 5.41) is 1.79. The van der Waals surface area contributed by atoms with E-state index in [2.05, 4.69) is 16.8 Å². The molecule has 0 fully saturated rings. The van der Waals surface area contributed by atoms with E-state index in [0.717, 1.165) is 34.4 Å². The van der Waals surface area contributed by atoms with E-state index in [9.17, 15) is 9.59 Å². The highest BCUT2D eigenvalue weighted by Crippen LogP contribution is 2.17. The van der Waals surface area contributed by atoms with Gasteiger partial charge < -0.3 is 9.78 Å². The second kappa shape index (κ2) is 5.28. The molecule has 3 nitrogen and oxygen atoms in total. The van der Waals surface area contributed by atoms with Crippen molar-refractivity contribution in [3.8, 4) is 23.1 Å². The van der Waals surface area contributed by atoms with Crippen molar-refractivity contribution >= 4 is 17.6 Å². The fourth-order valence-electron chi connectivity index (χ4n) is 1.35. The summed E-state index contributed by atoms with van der Waals surface area (Å²) >= 11 is 1.14. The Bertz CT molecular complexity index is 626. The van der Waals surface area contributed by atoms with E-state index >= 15 is 0 Å². The van der Waals surface area contributed by atoms with Crippen molar-refractivity contribution < 1.29 is 4.79 Å². The van der Waals surface area contributed by atoms with Crippen LogP contribution in [0.15, 0.2) is 34.4 Å². The summed E-state index contributed by atoms with van der Waals surface area (Å²) in [5.41, 5.74) is 2.62. The van der Waals surface area contributed by atoms with Gasteiger partial charge in [-0.05, 0) is 17.7 Å². The van der Waals surface area contributed by atoms with Crippen LogP contribution in [0.4, 0.5) is 0 Å². The number of hydrogen-bond donors (Lipinski definition) is 1. The van der Waals surface area contributed by atoms with Crippen molar-refractivity contribution in [1.82, 2.24) is 4.98 Å². The average molecular weight is 243 g/mol. The van der Waals surface area contributed by atoms with Crippen LogP contribution in [0, 0.1) is 11.8 Å². The Morgan fingerprint density at radius 1 is 1.29 bits per heavy atom. The van der Waals surface area contributed by atoms with Crippen LogP contribution < -0.4 is 4.87 Å². The lowest BCUT2D eigenvalue weighted by molar-refractivity contribution is -0.107. The maximum atomic E-state index is 11.0. The molecule has 2 rings (SSSR count). The van der Waals surface area contributed by atoms with E-state index in [1.807, 2.05) is 24.3 Å².